The maximum Gasteiger partial charge on any atom is 0.270 e. The maximum absolute atomic E-state index is 12.1. The number of carbonyl (C=O) groups is 1. The average molecular weight is 353 g/mol. The van der Waals surface area contributed by atoms with Gasteiger partial charge in [-0.25, -0.2) is 4.99 Å². The van der Waals surface area contributed by atoms with E-state index in [4.69, 9.17) is 0 Å². The molecular formula is C18H15N3O3S. The van der Waals surface area contributed by atoms with Gasteiger partial charge in [0.2, 0.25) is 0 Å². The summed E-state index contributed by atoms with van der Waals surface area (Å²) in [5, 5.41) is 14.1. The first-order valence-electron chi connectivity index (χ1n) is 7.54. The summed E-state index contributed by atoms with van der Waals surface area (Å²) < 4.78 is 0. The first-order chi connectivity index (χ1) is 11.9. The summed E-state index contributed by atoms with van der Waals surface area (Å²) in [5.41, 5.74) is 3.50. The number of benzene rings is 2. The Morgan fingerprint density at radius 3 is 2.76 bits per heavy atom. The third-order valence-corrected chi connectivity index (χ3v) is 4.53. The van der Waals surface area contributed by atoms with Crippen LogP contribution < -0.4 is 5.32 Å². The van der Waals surface area contributed by atoms with Gasteiger partial charge in [-0.15, -0.1) is 0 Å². The molecule has 1 saturated heterocycles. The van der Waals surface area contributed by atoms with Gasteiger partial charge in [0, 0.05) is 12.1 Å². The first kappa shape index (κ1) is 16.9. The van der Waals surface area contributed by atoms with Gasteiger partial charge >= 0.3 is 0 Å². The molecule has 25 heavy (non-hydrogen) atoms. The number of carbonyl (C=O) groups excluding carboxylic acids is 1. The molecule has 126 valence electrons. The van der Waals surface area contributed by atoms with E-state index in [1.807, 2.05) is 32.0 Å². The fourth-order valence-electron chi connectivity index (χ4n) is 2.31. The molecule has 1 amide bonds. The zero-order valence-electron chi connectivity index (χ0n) is 13.6. The molecule has 3 rings (SSSR count). The van der Waals surface area contributed by atoms with Gasteiger partial charge < -0.3 is 5.32 Å². The molecule has 2 aromatic carbocycles. The number of nitro benzene ring substituents is 1. The van der Waals surface area contributed by atoms with Crippen molar-refractivity contribution >= 4 is 40.3 Å². The van der Waals surface area contributed by atoms with Crippen molar-refractivity contribution < 1.29 is 9.72 Å². The van der Waals surface area contributed by atoms with Gasteiger partial charge in [0.15, 0.2) is 5.17 Å². The van der Waals surface area contributed by atoms with Gasteiger partial charge in [0.05, 0.1) is 15.5 Å². The molecule has 1 fully saturated rings. The van der Waals surface area contributed by atoms with Crippen molar-refractivity contribution in [1.82, 2.24) is 5.32 Å². The fraction of sp³-hybridized carbons (Fsp3) is 0.111. The normalized spacial score (nSPS) is 17.1. The zero-order valence-corrected chi connectivity index (χ0v) is 14.5. The van der Waals surface area contributed by atoms with Crippen LogP contribution in [0.2, 0.25) is 0 Å². The number of hydrogen-bond donors (Lipinski definition) is 1. The Kier molecular flexibility index (Phi) is 4.67. The number of hydrogen-bond acceptors (Lipinski definition) is 5. The van der Waals surface area contributed by atoms with Crippen LogP contribution in [0.5, 0.6) is 0 Å². The molecule has 0 bridgehead atoms. The minimum Gasteiger partial charge on any atom is -0.300 e. The van der Waals surface area contributed by atoms with Crippen LogP contribution in [0, 0.1) is 24.0 Å². The summed E-state index contributed by atoms with van der Waals surface area (Å²) in [4.78, 5) is 27.5. The quantitative estimate of drug-likeness (QED) is 0.511. The second-order valence-electron chi connectivity index (χ2n) is 5.62. The number of aryl methyl sites for hydroxylation is 2. The van der Waals surface area contributed by atoms with Crippen molar-refractivity contribution in [2.24, 2.45) is 4.99 Å². The molecule has 1 heterocycles. The van der Waals surface area contributed by atoms with Crippen LogP contribution in [-0.4, -0.2) is 16.0 Å². The molecule has 0 aromatic heterocycles. The van der Waals surface area contributed by atoms with Crippen molar-refractivity contribution in [3.8, 4) is 0 Å². The second kappa shape index (κ2) is 6.90. The molecule has 0 unspecified atom stereocenters. The number of non-ortho nitro benzene ring substituents is 1. The predicted octanol–water partition coefficient (Wildman–Crippen LogP) is 4.10. The molecular weight excluding hydrogens is 338 g/mol. The summed E-state index contributed by atoms with van der Waals surface area (Å²) >= 11 is 1.22. The first-order valence-corrected chi connectivity index (χ1v) is 8.35. The Hall–Kier alpha value is -2.93. The Labute approximate surface area is 148 Å². The van der Waals surface area contributed by atoms with Crippen LogP contribution >= 0.6 is 11.8 Å². The van der Waals surface area contributed by atoms with E-state index < -0.39 is 4.92 Å². The number of nitrogens with one attached hydrogen (secondary N) is 1. The topological polar surface area (TPSA) is 84.6 Å². The van der Waals surface area contributed by atoms with E-state index in [1.165, 1.54) is 23.9 Å². The van der Waals surface area contributed by atoms with Crippen LogP contribution in [0.1, 0.15) is 16.7 Å². The molecule has 2 aromatic rings. The van der Waals surface area contributed by atoms with Crippen molar-refractivity contribution in [1.29, 1.82) is 0 Å². The minimum absolute atomic E-state index is 0.0120. The fourth-order valence-corrected chi connectivity index (χ4v) is 3.14. The van der Waals surface area contributed by atoms with Gasteiger partial charge in [0.1, 0.15) is 0 Å². The van der Waals surface area contributed by atoms with Crippen molar-refractivity contribution in [3.05, 3.63) is 74.2 Å². The molecule has 0 saturated carbocycles. The van der Waals surface area contributed by atoms with Gasteiger partial charge in [-0.1, -0.05) is 24.3 Å². The van der Waals surface area contributed by atoms with Gasteiger partial charge in [0.25, 0.3) is 11.6 Å². The molecule has 0 aliphatic carbocycles. The number of aliphatic imine (C=N–C) groups is 1. The highest BCUT2D eigenvalue weighted by Crippen LogP contribution is 2.30. The summed E-state index contributed by atoms with van der Waals surface area (Å²) in [6, 6.07) is 12.1. The summed E-state index contributed by atoms with van der Waals surface area (Å²) in [6.07, 6.45) is 1.62. The number of amides is 1. The van der Waals surface area contributed by atoms with Crippen LogP contribution in [-0.2, 0) is 4.79 Å². The lowest BCUT2D eigenvalue weighted by Gasteiger charge is -2.02. The second-order valence-corrected chi connectivity index (χ2v) is 6.65. The molecule has 7 heteroatoms. The highest BCUT2D eigenvalue weighted by molar-refractivity contribution is 8.18. The lowest BCUT2D eigenvalue weighted by Crippen LogP contribution is -2.19. The van der Waals surface area contributed by atoms with Crippen molar-refractivity contribution in [2.75, 3.05) is 0 Å². The monoisotopic (exact) mass is 353 g/mol. The Morgan fingerprint density at radius 2 is 2.00 bits per heavy atom. The van der Waals surface area contributed by atoms with Crippen molar-refractivity contribution in [2.45, 2.75) is 13.8 Å². The molecule has 6 nitrogen and oxygen atoms in total. The molecule has 1 aliphatic rings. The van der Waals surface area contributed by atoms with E-state index >= 15 is 0 Å². The smallest absolute Gasteiger partial charge is 0.270 e. The van der Waals surface area contributed by atoms with E-state index in [2.05, 4.69) is 10.3 Å². The molecule has 0 radical (unpaired) electrons. The maximum atomic E-state index is 12.1. The third-order valence-electron chi connectivity index (χ3n) is 3.62. The van der Waals surface area contributed by atoms with Gasteiger partial charge in [-0.2, -0.15) is 0 Å². The highest BCUT2D eigenvalue weighted by atomic mass is 32.2. The largest absolute Gasteiger partial charge is 0.300 e. The Balaban J connectivity index is 1.87. The minimum atomic E-state index is -0.461. The molecule has 0 spiro atoms. The Bertz CT molecular complexity index is 935. The van der Waals surface area contributed by atoms with Crippen LogP contribution in [0.25, 0.3) is 6.08 Å². The lowest BCUT2D eigenvalue weighted by atomic mass is 10.1. The van der Waals surface area contributed by atoms with Crippen LogP contribution in [0.4, 0.5) is 11.4 Å². The Morgan fingerprint density at radius 1 is 1.20 bits per heavy atom. The predicted molar refractivity (Wildman–Crippen MR) is 99.8 cm³/mol. The molecule has 0 atom stereocenters. The standard InChI is InChI=1S/C18H15N3O3S/c1-11-6-7-12(2)15(8-11)19-18-20-17(22)16(25-18)10-13-4-3-5-14(9-13)21(23)24/h3-10H,1-2H3,(H,19,20,22). The van der Waals surface area contributed by atoms with E-state index in [0.29, 0.717) is 15.6 Å². The summed E-state index contributed by atoms with van der Waals surface area (Å²) in [6.45, 7) is 3.94. The highest BCUT2D eigenvalue weighted by Gasteiger charge is 2.24. The average Bonchev–Trinajstić information content (AvgIpc) is 2.90. The number of rotatable bonds is 3. The number of thioether (sulfide) groups is 1. The zero-order chi connectivity index (χ0) is 18.0. The molecule has 1 aliphatic heterocycles. The lowest BCUT2D eigenvalue weighted by molar-refractivity contribution is -0.384. The summed E-state index contributed by atoms with van der Waals surface area (Å²) in [7, 11) is 0. The van der Waals surface area contributed by atoms with Crippen molar-refractivity contribution in [3.63, 3.8) is 0 Å². The van der Waals surface area contributed by atoms with E-state index in [1.54, 1.807) is 18.2 Å². The van der Waals surface area contributed by atoms with E-state index in [0.717, 1.165) is 16.8 Å². The van der Waals surface area contributed by atoms with Crippen LogP contribution in [0.15, 0.2) is 52.4 Å². The van der Waals surface area contributed by atoms with Gasteiger partial charge in [-0.05, 0) is 54.4 Å². The van der Waals surface area contributed by atoms with E-state index in [-0.39, 0.29) is 11.6 Å². The number of nitro groups is 1. The summed E-state index contributed by atoms with van der Waals surface area (Å²) in [5.74, 6) is -0.263. The van der Waals surface area contributed by atoms with Crippen LogP contribution in [0.3, 0.4) is 0 Å². The number of nitrogens with zero attached hydrogens (tertiary/aromatic N) is 2. The van der Waals surface area contributed by atoms with E-state index in [9.17, 15) is 14.9 Å². The van der Waals surface area contributed by atoms with Gasteiger partial charge in [-0.3, -0.25) is 14.9 Å². The molecule has 1 N–H and O–H groups in total. The number of amidine groups is 1. The third kappa shape index (κ3) is 3.95. The SMILES string of the molecule is Cc1ccc(C)c(N=C2NC(=O)C(=Cc3cccc([N+](=O)[O-])c3)S2)c1.